The Morgan fingerprint density at radius 2 is 1.40 bits per heavy atom. The number of aryl methyl sites for hydroxylation is 1. The van der Waals surface area contributed by atoms with E-state index in [1.807, 2.05) is 38.1 Å². The third-order valence-electron chi connectivity index (χ3n) is 10.8. The Labute approximate surface area is 407 Å². The SMILES string of the molecule is CCCCc1nc2c(N)nnc(OC(C)C)c2n1Cc1ccc(CNC(=O)[C@H](CCCNC(N)=O)NC(=O)[C@@H](NC(=O)CCOCCOCCOCCNC(=O)CCN2C(=O)C=CC2=O)C(C)C)cc1. The number of unbranched alkanes of at least 4 members (excludes halogenated alkanes) is 1. The summed E-state index contributed by atoms with van der Waals surface area (Å²) in [6, 6.07) is 5.09. The second kappa shape index (κ2) is 29.3. The molecule has 3 aromatic rings. The first-order valence-corrected chi connectivity index (χ1v) is 23.8. The smallest absolute Gasteiger partial charge is 0.312 e. The number of nitrogens with two attached hydrogens (primary N) is 2. The Morgan fingerprint density at radius 3 is 2.04 bits per heavy atom. The number of nitrogens with zero attached hydrogens (tertiary/aromatic N) is 5. The van der Waals surface area contributed by atoms with Crippen molar-refractivity contribution in [1.82, 2.24) is 51.2 Å². The van der Waals surface area contributed by atoms with Crippen LogP contribution in [0.25, 0.3) is 11.0 Å². The van der Waals surface area contributed by atoms with Gasteiger partial charge in [-0.2, -0.15) is 0 Å². The van der Waals surface area contributed by atoms with Crippen LogP contribution < -0.4 is 42.8 Å². The highest BCUT2D eigenvalue weighted by Crippen LogP contribution is 2.29. The predicted octanol–water partition coefficient (Wildman–Crippen LogP) is 1.15. The van der Waals surface area contributed by atoms with Crippen LogP contribution in [0.1, 0.15) is 90.1 Å². The molecule has 0 saturated carbocycles. The average Bonchev–Trinajstić information content (AvgIpc) is 3.85. The fraction of sp³-hybridized carbons (Fsp3) is 0.574. The third kappa shape index (κ3) is 18.6. The van der Waals surface area contributed by atoms with Gasteiger partial charge in [0.05, 0.1) is 45.7 Å². The van der Waals surface area contributed by atoms with Gasteiger partial charge < -0.3 is 61.6 Å². The van der Waals surface area contributed by atoms with Gasteiger partial charge in [-0.1, -0.05) is 51.5 Å². The van der Waals surface area contributed by atoms with Gasteiger partial charge in [-0.05, 0) is 50.2 Å². The van der Waals surface area contributed by atoms with E-state index in [2.05, 4.69) is 48.3 Å². The van der Waals surface area contributed by atoms with Crippen LogP contribution in [0.4, 0.5) is 10.6 Å². The van der Waals surface area contributed by atoms with E-state index in [0.29, 0.717) is 29.9 Å². The molecule has 0 spiro atoms. The Bertz CT molecular complexity index is 2230. The normalized spacial score (nSPS) is 13.2. The molecule has 9 N–H and O–H groups in total. The molecule has 8 amide bonds. The fourth-order valence-corrected chi connectivity index (χ4v) is 7.10. The van der Waals surface area contributed by atoms with E-state index in [9.17, 15) is 33.6 Å². The number of carbonyl (C=O) groups is 7. The summed E-state index contributed by atoms with van der Waals surface area (Å²) in [5.74, 6) is -1.47. The zero-order valence-corrected chi connectivity index (χ0v) is 40.9. The summed E-state index contributed by atoms with van der Waals surface area (Å²) < 4.78 is 24.5. The maximum absolute atomic E-state index is 13.6. The quantitative estimate of drug-likeness (QED) is 0.0333. The van der Waals surface area contributed by atoms with Gasteiger partial charge in [0, 0.05) is 64.1 Å². The largest absolute Gasteiger partial charge is 0.472 e. The van der Waals surface area contributed by atoms with E-state index in [-0.39, 0.29) is 109 Å². The summed E-state index contributed by atoms with van der Waals surface area (Å²) in [6.07, 6.45) is 5.33. The number of primary amides is 1. The average molecular weight is 979 g/mol. The van der Waals surface area contributed by atoms with Crippen LogP contribution in [-0.2, 0) is 62.5 Å². The Balaban J connectivity index is 1.20. The standard InChI is InChI=1S/C47H70N12O11/c1-6-7-10-35-54-41-42(46(70-31(4)5)57-56-43(41)48)59(35)29-33-13-11-32(12-14-33)28-52-44(64)34(9-8-19-51-47(49)66)53-45(65)40(30(2)3)55-37(61)18-22-67-24-26-69-27-25-68-23-20-50-36(60)17-21-58-38(62)15-16-39(58)63/h11-16,30-31,34,40H,6-10,17-29H2,1-5H3,(H2,48,56)(H,50,60)(H,52,64)(H,53,65)(H,55,61)(H3,49,51,66)/t34-,40-/m0/s1. The molecule has 0 bridgehead atoms. The van der Waals surface area contributed by atoms with Crippen molar-refractivity contribution in [2.75, 3.05) is 65.0 Å². The molecule has 70 heavy (non-hydrogen) atoms. The van der Waals surface area contributed by atoms with E-state index < -0.39 is 47.7 Å². The molecule has 23 heteroatoms. The van der Waals surface area contributed by atoms with Crippen molar-refractivity contribution in [3.63, 3.8) is 0 Å². The second-order valence-corrected chi connectivity index (χ2v) is 17.1. The van der Waals surface area contributed by atoms with Crippen LogP contribution in [-0.4, -0.2) is 144 Å². The molecule has 0 radical (unpaired) electrons. The lowest BCUT2D eigenvalue weighted by atomic mass is 10.0. The van der Waals surface area contributed by atoms with Gasteiger partial charge in [0.15, 0.2) is 5.82 Å². The molecule has 0 fully saturated rings. The number of anilines is 1. The number of aromatic nitrogens is 4. The number of amides is 8. The lowest BCUT2D eigenvalue weighted by Gasteiger charge is -2.25. The van der Waals surface area contributed by atoms with Gasteiger partial charge in [-0.3, -0.25) is 33.7 Å². The van der Waals surface area contributed by atoms with Gasteiger partial charge in [0.1, 0.15) is 28.9 Å². The van der Waals surface area contributed by atoms with Crippen molar-refractivity contribution >= 4 is 58.3 Å². The summed E-state index contributed by atoms with van der Waals surface area (Å²) in [5.41, 5.74) is 14.4. The molecule has 1 aliphatic heterocycles. The first-order valence-electron chi connectivity index (χ1n) is 23.8. The summed E-state index contributed by atoms with van der Waals surface area (Å²) in [4.78, 5) is 92.4. The molecule has 1 aliphatic rings. The number of imidazole rings is 1. The van der Waals surface area contributed by atoms with Gasteiger partial charge in [0.2, 0.25) is 23.6 Å². The molecular weight excluding hydrogens is 909 g/mol. The number of carbonyl (C=O) groups excluding carboxylic acids is 7. The number of nitrogen functional groups attached to an aromatic ring is 1. The number of fused-ring (bicyclic) bond motifs is 1. The van der Waals surface area contributed by atoms with Crippen LogP contribution in [0, 0.1) is 5.92 Å². The lowest BCUT2D eigenvalue weighted by Crippen LogP contribution is -2.55. The number of ether oxygens (including phenoxy) is 4. The highest BCUT2D eigenvalue weighted by Gasteiger charge is 2.29. The Kier molecular flexibility index (Phi) is 23.4. The van der Waals surface area contributed by atoms with Crippen molar-refractivity contribution in [1.29, 1.82) is 0 Å². The summed E-state index contributed by atoms with van der Waals surface area (Å²) in [7, 11) is 0. The van der Waals surface area contributed by atoms with Gasteiger partial charge in [0.25, 0.3) is 17.7 Å². The number of rotatable bonds is 33. The number of urea groups is 1. The molecule has 384 valence electrons. The number of imide groups is 1. The van der Waals surface area contributed by atoms with Crippen molar-refractivity contribution in [3.05, 3.63) is 53.4 Å². The third-order valence-corrected chi connectivity index (χ3v) is 10.8. The summed E-state index contributed by atoms with van der Waals surface area (Å²) >= 11 is 0. The monoisotopic (exact) mass is 979 g/mol. The lowest BCUT2D eigenvalue weighted by molar-refractivity contribution is -0.137. The van der Waals surface area contributed by atoms with Crippen molar-refractivity contribution in [2.45, 2.75) is 111 Å². The minimum atomic E-state index is -0.987. The van der Waals surface area contributed by atoms with Gasteiger partial charge in [-0.25, -0.2) is 9.78 Å². The van der Waals surface area contributed by atoms with E-state index >= 15 is 0 Å². The van der Waals surface area contributed by atoms with Gasteiger partial charge >= 0.3 is 6.03 Å². The number of hydrogen-bond acceptors (Lipinski definition) is 15. The predicted molar refractivity (Wildman–Crippen MR) is 258 cm³/mol. The molecule has 2 aromatic heterocycles. The Hall–Kier alpha value is -6.72. The highest BCUT2D eigenvalue weighted by molar-refractivity contribution is 6.13. The molecular formula is C47H70N12O11. The second-order valence-electron chi connectivity index (χ2n) is 17.1. The minimum absolute atomic E-state index is 0.00284. The van der Waals surface area contributed by atoms with Crippen molar-refractivity contribution in [3.8, 4) is 5.88 Å². The van der Waals surface area contributed by atoms with Crippen LogP contribution in [0.15, 0.2) is 36.4 Å². The summed E-state index contributed by atoms with van der Waals surface area (Å²) in [5, 5.41) is 21.9. The molecule has 23 nitrogen and oxygen atoms in total. The van der Waals surface area contributed by atoms with Crippen LogP contribution in [0.3, 0.4) is 0 Å². The zero-order valence-electron chi connectivity index (χ0n) is 40.9. The number of benzene rings is 1. The first-order chi connectivity index (χ1) is 33.6. The van der Waals surface area contributed by atoms with Crippen LogP contribution in [0.5, 0.6) is 5.88 Å². The minimum Gasteiger partial charge on any atom is -0.472 e. The Morgan fingerprint density at radius 1 is 0.743 bits per heavy atom. The van der Waals surface area contributed by atoms with E-state index in [0.717, 1.165) is 41.1 Å². The molecule has 0 saturated heterocycles. The van der Waals surface area contributed by atoms with E-state index in [4.69, 9.17) is 35.4 Å². The number of nitrogens with one attached hydrogen (secondary N) is 5. The van der Waals surface area contributed by atoms with E-state index in [1.165, 1.54) is 12.2 Å². The molecule has 3 heterocycles. The highest BCUT2D eigenvalue weighted by atomic mass is 16.5. The molecule has 0 aliphatic carbocycles. The molecule has 4 rings (SSSR count). The van der Waals surface area contributed by atoms with E-state index in [1.54, 1.807) is 13.8 Å². The van der Waals surface area contributed by atoms with Crippen molar-refractivity contribution < 1.29 is 52.5 Å². The van der Waals surface area contributed by atoms with Crippen molar-refractivity contribution in [2.24, 2.45) is 11.7 Å². The van der Waals surface area contributed by atoms with Crippen LogP contribution >= 0.6 is 0 Å². The van der Waals surface area contributed by atoms with Crippen LogP contribution in [0.2, 0.25) is 0 Å². The topological polar surface area (TPSA) is 315 Å². The summed E-state index contributed by atoms with van der Waals surface area (Å²) in [6.45, 7) is 11.9. The first kappa shape index (κ1) is 55.9. The van der Waals surface area contributed by atoms with Gasteiger partial charge in [-0.15, -0.1) is 10.2 Å². The fourth-order valence-electron chi connectivity index (χ4n) is 7.10. The number of hydrogen-bond donors (Lipinski definition) is 7. The maximum Gasteiger partial charge on any atom is 0.312 e. The molecule has 2 atom stereocenters. The zero-order chi connectivity index (χ0) is 51.0. The molecule has 1 aromatic carbocycles. The molecule has 0 unspecified atom stereocenters. The maximum atomic E-state index is 13.6.